The smallest absolute Gasteiger partial charge is 0.239 e. The second kappa shape index (κ2) is 7.87. The predicted molar refractivity (Wildman–Crippen MR) is 94.6 cm³/mol. The molecule has 0 saturated carbocycles. The van der Waals surface area contributed by atoms with Gasteiger partial charge in [0, 0.05) is 45.6 Å². The first-order valence-electron chi connectivity index (χ1n) is 8.24. The molecule has 1 aromatic rings. The largest absolute Gasteiger partial charge is 0.381 e. The number of aromatic nitrogens is 1. The lowest BCUT2D eigenvalue weighted by molar-refractivity contribution is -0.135. The molecular formula is C16H22Cl2N4O2. The van der Waals surface area contributed by atoms with Gasteiger partial charge in [0.1, 0.15) is 5.82 Å². The van der Waals surface area contributed by atoms with Crippen LogP contribution in [0, 0.1) is 5.92 Å². The third-order valence-electron chi connectivity index (χ3n) is 4.74. The molecule has 2 fully saturated rings. The van der Waals surface area contributed by atoms with Crippen molar-refractivity contribution in [3.05, 3.63) is 22.3 Å². The van der Waals surface area contributed by atoms with Crippen molar-refractivity contribution < 1.29 is 9.53 Å². The zero-order chi connectivity index (χ0) is 17.1. The molecule has 3 rings (SSSR count). The molecule has 2 aliphatic heterocycles. The number of carbonyl (C=O) groups excluding carboxylic acids is 1. The Morgan fingerprint density at radius 3 is 2.54 bits per heavy atom. The van der Waals surface area contributed by atoms with Gasteiger partial charge in [0.15, 0.2) is 0 Å². The summed E-state index contributed by atoms with van der Waals surface area (Å²) < 4.78 is 5.34. The van der Waals surface area contributed by atoms with E-state index in [-0.39, 0.29) is 11.8 Å². The van der Waals surface area contributed by atoms with Crippen LogP contribution in [0.5, 0.6) is 0 Å². The number of ether oxygens (including phenoxy) is 1. The van der Waals surface area contributed by atoms with Crippen LogP contribution in [0.15, 0.2) is 12.3 Å². The molecule has 2 saturated heterocycles. The van der Waals surface area contributed by atoms with Crippen molar-refractivity contribution in [3.63, 3.8) is 0 Å². The quantitative estimate of drug-likeness (QED) is 0.875. The first-order valence-corrected chi connectivity index (χ1v) is 9.00. The number of rotatable bonds is 3. The average Bonchev–Trinajstić information content (AvgIpc) is 2.61. The number of nitrogens with zero attached hydrogens (tertiary/aromatic N) is 3. The summed E-state index contributed by atoms with van der Waals surface area (Å²) in [7, 11) is 0. The third-order valence-corrected chi connectivity index (χ3v) is 5.22. The second-order valence-electron chi connectivity index (χ2n) is 6.25. The maximum absolute atomic E-state index is 12.6. The number of amides is 1. The standard InChI is InChI=1S/C16H22Cl2N4O2/c17-12-9-13(18)15(20-10-12)21-3-5-22(6-4-21)16(23)14(19)11-1-7-24-8-2-11/h9-11,14H,1-8,19H2. The summed E-state index contributed by atoms with van der Waals surface area (Å²) in [5.41, 5.74) is 6.20. The van der Waals surface area contributed by atoms with Crippen molar-refractivity contribution >= 4 is 34.9 Å². The Morgan fingerprint density at radius 2 is 1.92 bits per heavy atom. The Hall–Kier alpha value is -1.08. The van der Waals surface area contributed by atoms with Crippen LogP contribution in [0.4, 0.5) is 5.82 Å². The number of halogens is 2. The van der Waals surface area contributed by atoms with Crippen LogP contribution in [0.25, 0.3) is 0 Å². The number of pyridine rings is 1. The summed E-state index contributed by atoms with van der Waals surface area (Å²) in [5.74, 6) is 0.968. The van der Waals surface area contributed by atoms with Gasteiger partial charge in [-0.25, -0.2) is 4.98 Å². The fourth-order valence-corrected chi connectivity index (χ4v) is 3.77. The molecule has 0 bridgehead atoms. The first kappa shape index (κ1) is 17.7. The van der Waals surface area contributed by atoms with Gasteiger partial charge in [-0.05, 0) is 24.8 Å². The monoisotopic (exact) mass is 372 g/mol. The number of nitrogens with two attached hydrogens (primary N) is 1. The van der Waals surface area contributed by atoms with E-state index in [0.29, 0.717) is 55.3 Å². The highest BCUT2D eigenvalue weighted by Crippen LogP contribution is 2.27. The highest BCUT2D eigenvalue weighted by Gasteiger charge is 2.31. The summed E-state index contributed by atoms with van der Waals surface area (Å²) in [6.07, 6.45) is 3.30. The van der Waals surface area contributed by atoms with Crippen LogP contribution in [0.1, 0.15) is 12.8 Å². The summed E-state index contributed by atoms with van der Waals surface area (Å²) in [6, 6.07) is 1.25. The molecule has 2 aliphatic rings. The van der Waals surface area contributed by atoms with E-state index < -0.39 is 6.04 Å². The van der Waals surface area contributed by atoms with Crippen LogP contribution in [0.2, 0.25) is 10.0 Å². The maximum atomic E-state index is 12.6. The summed E-state index contributed by atoms with van der Waals surface area (Å²) in [4.78, 5) is 20.9. The number of carbonyl (C=O) groups is 1. The lowest BCUT2D eigenvalue weighted by Gasteiger charge is -2.38. The van der Waals surface area contributed by atoms with Crippen molar-refractivity contribution in [2.45, 2.75) is 18.9 Å². The Bertz CT molecular complexity index is 587. The molecule has 0 aromatic carbocycles. The topological polar surface area (TPSA) is 71.7 Å². The van der Waals surface area contributed by atoms with Gasteiger partial charge < -0.3 is 20.3 Å². The summed E-state index contributed by atoms with van der Waals surface area (Å²) >= 11 is 12.1. The van der Waals surface area contributed by atoms with Crippen molar-refractivity contribution in [2.75, 3.05) is 44.3 Å². The third kappa shape index (κ3) is 3.94. The van der Waals surface area contributed by atoms with Gasteiger partial charge in [-0.2, -0.15) is 0 Å². The molecule has 3 heterocycles. The maximum Gasteiger partial charge on any atom is 0.239 e. The summed E-state index contributed by atoms with van der Waals surface area (Å²) in [5, 5.41) is 1.04. The van der Waals surface area contributed by atoms with Gasteiger partial charge in [0.25, 0.3) is 0 Å². The minimum absolute atomic E-state index is 0.0386. The van der Waals surface area contributed by atoms with Gasteiger partial charge >= 0.3 is 0 Å². The van der Waals surface area contributed by atoms with Crippen LogP contribution >= 0.6 is 23.2 Å². The molecule has 1 aromatic heterocycles. The van der Waals surface area contributed by atoms with E-state index in [1.165, 1.54) is 0 Å². The molecule has 1 unspecified atom stereocenters. The molecule has 2 N–H and O–H groups in total. The van der Waals surface area contributed by atoms with Gasteiger partial charge in [0.05, 0.1) is 16.1 Å². The molecule has 1 atom stereocenters. The number of anilines is 1. The highest BCUT2D eigenvalue weighted by atomic mass is 35.5. The van der Waals surface area contributed by atoms with Gasteiger partial charge in [0.2, 0.25) is 5.91 Å². The predicted octanol–water partition coefficient (Wildman–Crippen LogP) is 1.79. The van der Waals surface area contributed by atoms with Crippen LogP contribution < -0.4 is 10.6 Å². The van der Waals surface area contributed by atoms with E-state index >= 15 is 0 Å². The van der Waals surface area contributed by atoms with Crippen molar-refractivity contribution in [3.8, 4) is 0 Å². The Labute approximate surface area is 151 Å². The molecule has 132 valence electrons. The van der Waals surface area contributed by atoms with E-state index in [1.807, 2.05) is 4.90 Å². The highest BCUT2D eigenvalue weighted by molar-refractivity contribution is 6.36. The Balaban J connectivity index is 1.57. The van der Waals surface area contributed by atoms with Crippen molar-refractivity contribution in [1.29, 1.82) is 0 Å². The van der Waals surface area contributed by atoms with E-state index in [1.54, 1.807) is 12.3 Å². The van der Waals surface area contributed by atoms with Crippen LogP contribution in [0.3, 0.4) is 0 Å². The molecule has 0 aliphatic carbocycles. The van der Waals surface area contributed by atoms with Crippen LogP contribution in [-0.4, -0.2) is 61.2 Å². The molecule has 0 radical (unpaired) electrons. The molecule has 24 heavy (non-hydrogen) atoms. The fraction of sp³-hybridized carbons (Fsp3) is 0.625. The lowest BCUT2D eigenvalue weighted by Crippen LogP contribution is -2.55. The minimum Gasteiger partial charge on any atom is -0.381 e. The number of hydrogen-bond donors (Lipinski definition) is 1. The molecular weight excluding hydrogens is 351 g/mol. The van der Waals surface area contributed by atoms with E-state index in [0.717, 1.165) is 12.8 Å². The molecule has 1 amide bonds. The summed E-state index contributed by atoms with van der Waals surface area (Å²) in [6.45, 7) is 3.99. The Morgan fingerprint density at radius 1 is 1.25 bits per heavy atom. The molecule has 8 heteroatoms. The average molecular weight is 373 g/mol. The van der Waals surface area contributed by atoms with E-state index in [4.69, 9.17) is 33.7 Å². The van der Waals surface area contributed by atoms with Gasteiger partial charge in [-0.15, -0.1) is 0 Å². The normalized spacial score (nSPS) is 21.0. The zero-order valence-electron chi connectivity index (χ0n) is 13.5. The first-order chi connectivity index (χ1) is 11.6. The van der Waals surface area contributed by atoms with Crippen molar-refractivity contribution in [1.82, 2.24) is 9.88 Å². The van der Waals surface area contributed by atoms with Gasteiger partial charge in [-0.1, -0.05) is 23.2 Å². The van der Waals surface area contributed by atoms with Gasteiger partial charge in [-0.3, -0.25) is 4.79 Å². The van der Waals surface area contributed by atoms with E-state index in [9.17, 15) is 4.79 Å². The van der Waals surface area contributed by atoms with Crippen molar-refractivity contribution in [2.24, 2.45) is 11.7 Å². The molecule has 0 spiro atoms. The lowest BCUT2D eigenvalue weighted by atomic mass is 9.91. The molecule has 6 nitrogen and oxygen atoms in total. The second-order valence-corrected chi connectivity index (χ2v) is 7.09. The van der Waals surface area contributed by atoms with E-state index in [2.05, 4.69) is 9.88 Å². The fourth-order valence-electron chi connectivity index (χ4n) is 3.27. The van der Waals surface area contributed by atoms with Crippen LogP contribution in [-0.2, 0) is 9.53 Å². The minimum atomic E-state index is -0.433. The zero-order valence-corrected chi connectivity index (χ0v) is 15.0. The Kier molecular flexibility index (Phi) is 5.81. The number of piperazine rings is 1. The SMILES string of the molecule is NC(C(=O)N1CCN(c2ncc(Cl)cc2Cl)CC1)C1CCOCC1. The number of hydrogen-bond acceptors (Lipinski definition) is 5.